The third-order valence-corrected chi connectivity index (χ3v) is 4.40. The lowest BCUT2D eigenvalue weighted by Crippen LogP contribution is -2.28. The average Bonchev–Trinajstić information content (AvgIpc) is 2.64. The van der Waals surface area contributed by atoms with Crippen LogP contribution in [0, 0.1) is 5.82 Å². The molecule has 3 nitrogen and oxygen atoms in total. The van der Waals surface area contributed by atoms with Crippen LogP contribution in [0.25, 0.3) is 11.1 Å². The largest absolute Gasteiger partial charge is 0.356 e. The maximum atomic E-state index is 14.4. The van der Waals surface area contributed by atoms with Crippen LogP contribution in [-0.2, 0) is 4.79 Å². The molecule has 0 saturated heterocycles. The summed E-state index contributed by atoms with van der Waals surface area (Å²) in [6.45, 7) is 3.17. The number of nitrogens with one attached hydrogen (secondary N) is 1. The summed E-state index contributed by atoms with van der Waals surface area (Å²) in [4.78, 5) is 12.2. The van der Waals surface area contributed by atoms with Gasteiger partial charge in [0.25, 0.3) is 0 Å². The molecule has 4 heteroatoms. The van der Waals surface area contributed by atoms with Gasteiger partial charge in [0.2, 0.25) is 5.91 Å². The average molecular weight is 342 g/mol. The molecule has 2 rings (SSSR count). The van der Waals surface area contributed by atoms with E-state index in [4.69, 9.17) is 5.73 Å². The number of benzene rings is 2. The summed E-state index contributed by atoms with van der Waals surface area (Å²) in [5.41, 5.74) is 7.53. The van der Waals surface area contributed by atoms with Crippen LogP contribution in [0.2, 0.25) is 0 Å². The summed E-state index contributed by atoms with van der Waals surface area (Å²) in [5, 5.41) is 2.93. The van der Waals surface area contributed by atoms with Crippen molar-refractivity contribution in [1.29, 1.82) is 0 Å². The summed E-state index contributed by atoms with van der Waals surface area (Å²) in [5.74, 6) is -0.737. The molecule has 2 aromatic rings. The van der Waals surface area contributed by atoms with Crippen molar-refractivity contribution in [3.8, 4) is 11.1 Å². The molecule has 0 heterocycles. The standard InChI is InChI=1S/C21H27FN2O/c1-16(21(25)24-14-8-3-2-7-13-23)18-11-12-19(20(22)15-18)17-9-5-4-6-10-17/h4-6,9-12,15-16H,2-3,7-8,13-14,23H2,1H3,(H,24,25). The summed E-state index contributed by atoms with van der Waals surface area (Å²) < 4.78 is 14.4. The molecule has 134 valence electrons. The predicted octanol–water partition coefficient (Wildman–Crippen LogP) is 4.23. The van der Waals surface area contributed by atoms with Crippen LogP contribution in [0.3, 0.4) is 0 Å². The number of nitrogens with two attached hydrogens (primary N) is 1. The normalized spacial score (nSPS) is 12.0. The smallest absolute Gasteiger partial charge is 0.227 e. The van der Waals surface area contributed by atoms with Gasteiger partial charge < -0.3 is 11.1 Å². The highest BCUT2D eigenvalue weighted by atomic mass is 19.1. The van der Waals surface area contributed by atoms with Crippen LogP contribution in [0.1, 0.15) is 44.1 Å². The van der Waals surface area contributed by atoms with E-state index in [1.165, 1.54) is 6.07 Å². The minimum atomic E-state index is -0.372. The van der Waals surface area contributed by atoms with E-state index in [1.54, 1.807) is 13.0 Å². The lowest BCUT2D eigenvalue weighted by molar-refractivity contribution is -0.122. The van der Waals surface area contributed by atoms with Crippen molar-refractivity contribution in [3.63, 3.8) is 0 Å². The number of rotatable bonds is 9. The zero-order valence-electron chi connectivity index (χ0n) is 14.8. The molecule has 0 saturated carbocycles. The summed E-state index contributed by atoms with van der Waals surface area (Å²) >= 11 is 0. The van der Waals surface area contributed by atoms with Gasteiger partial charge in [0.05, 0.1) is 5.92 Å². The molecule has 0 bridgehead atoms. The third kappa shape index (κ3) is 5.68. The van der Waals surface area contributed by atoms with Crippen molar-refractivity contribution in [2.24, 2.45) is 5.73 Å². The first-order chi connectivity index (χ1) is 12.1. The van der Waals surface area contributed by atoms with E-state index in [0.29, 0.717) is 24.2 Å². The van der Waals surface area contributed by atoms with E-state index in [1.807, 2.05) is 36.4 Å². The molecule has 0 aliphatic heterocycles. The predicted molar refractivity (Wildman–Crippen MR) is 101 cm³/mol. The summed E-state index contributed by atoms with van der Waals surface area (Å²) in [6, 6.07) is 14.5. The number of unbranched alkanes of at least 4 members (excludes halogenated alkanes) is 3. The highest BCUT2D eigenvalue weighted by molar-refractivity contribution is 5.83. The van der Waals surface area contributed by atoms with Crippen molar-refractivity contribution < 1.29 is 9.18 Å². The second-order valence-corrected chi connectivity index (χ2v) is 6.32. The van der Waals surface area contributed by atoms with Crippen LogP contribution >= 0.6 is 0 Å². The molecular formula is C21H27FN2O. The maximum absolute atomic E-state index is 14.4. The second-order valence-electron chi connectivity index (χ2n) is 6.32. The van der Waals surface area contributed by atoms with Gasteiger partial charge in [0.1, 0.15) is 5.82 Å². The van der Waals surface area contributed by atoms with Gasteiger partial charge in [-0.3, -0.25) is 4.79 Å². The number of carbonyl (C=O) groups is 1. The van der Waals surface area contributed by atoms with Crippen molar-refractivity contribution in [1.82, 2.24) is 5.32 Å². The Morgan fingerprint density at radius 3 is 2.48 bits per heavy atom. The molecule has 0 aliphatic rings. The minimum absolute atomic E-state index is 0.0642. The van der Waals surface area contributed by atoms with E-state index < -0.39 is 0 Å². The van der Waals surface area contributed by atoms with Crippen molar-refractivity contribution in [3.05, 3.63) is 59.9 Å². The van der Waals surface area contributed by atoms with Gasteiger partial charge in [0.15, 0.2) is 0 Å². The van der Waals surface area contributed by atoms with E-state index in [-0.39, 0.29) is 17.6 Å². The van der Waals surface area contributed by atoms with Gasteiger partial charge in [0, 0.05) is 12.1 Å². The number of hydrogen-bond donors (Lipinski definition) is 2. The van der Waals surface area contributed by atoms with Crippen molar-refractivity contribution >= 4 is 5.91 Å². The third-order valence-electron chi connectivity index (χ3n) is 4.40. The molecule has 1 unspecified atom stereocenters. The maximum Gasteiger partial charge on any atom is 0.227 e. The van der Waals surface area contributed by atoms with Crippen molar-refractivity contribution in [2.45, 2.75) is 38.5 Å². The van der Waals surface area contributed by atoms with Gasteiger partial charge in [-0.1, -0.05) is 55.3 Å². The first kappa shape index (κ1) is 19.1. The zero-order valence-corrected chi connectivity index (χ0v) is 14.8. The number of carbonyl (C=O) groups excluding carboxylic acids is 1. The molecular weight excluding hydrogens is 315 g/mol. The summed E-state index contributed by atoms with van der Waals surface area (Å²) in [6.07, 6.45) is 4.12. The van der Waals surface area contributed by atoms with Gasteiger partial charge in [-0.2, -0.15) is 0 Å². The lowest BCUT2D eigenvalue weighted by atomic mass is 9.96. The fraction of sp³-hybridized carbons (Fsp3) is 0.381. The topological polar surface area (TPSA) is 55.1 Å². The Morgan fingerprint density at radius 2 is 1.80 bits per heavy atom. The van der Waals surface area contributed by atoms with E-state index in [0.717, 1.165) is 31.2 Å². The van der Waals surface area contributed by atoms with Crippen molar-refractivity contribution in [2.75, 3.05) is 13.1 Å². The van der Waals surface area contributed by atoms with Gasteiger partial charge >= 0.3 is 0 Å². The first-order valence-corrected chi connectivity index (χ1v) is 8.96. The fourth-order valence-electron chi connectivity index (χ4n) is 2.79. The van der Waals surface area contributed by atoms with Crippen LogP contribution in [0.4, 0.5) is 4.39 Å². The SMILES string of the molecule is CC(C(=O)NCCCCCCN)c1ccc(-c2ccccc2)c(F)c1. The Kier molecular flexibility index (Phi) is 7.61. The van der Waals surface area contributed by atoms with Crippen LogP contribution in [0.5, 0.6) is 0 Å². The molecule has 0 aliphatic carbocycles. The first-order valence-electron chi connectivity index (χ1n) is 8.96. The van der Waals surface area contributed by atoms with Gasteiger partial charge in [-0.05, 0) is 43.5 Å². The number of halogens is 1. The zero-order chi connectivity index (χ0) is 18.1. The fourth-order valence-corrected chi connectivity index (χ4v) is 2.79. The molecule has 0 aromatic heterocycles. The number of amides is 1. The Labute approximate surface area is 149 Å². The molecule has 0 radical (unpaired) electrons. The summed E-state index contributed by atoms with van der Waals surface area (Å²) in [7, 11) is 0. The van der Waals surface area contributed by atoms with Crippen LogP contribution < -0.4 is 11.1 Å². The lowest BCUT2D eigenvalue weighted by Gasteiger charge is -2.14. The van der Waals surface area contributed by atoms with Crippen LogP contribution in [0.15, 0.2) is 48.5 Å². The van der Waals surface area contributed by atoms with E-state index in [2.05, 4.69) is 5.32 Å². The van der Waals surface area contributed by atoms with Gasteiger partial charge in [-0.15, -0.1) is 0 Å². The molecule has 1 atom stereocenters. The number of hydrogen-bond acceptors (Lipinski definition) is 2. The second kappa shape index (κ2) is 9.94. The quantitative estimate of drug-likeness (QED) is 0.670. The molecule has 3 N–H and O–H groups in total. The van der Waals surface area contributed by atoms with E-state index in [9.17, 15) is 9.18 Å². The molecule has 0 fully saturated rings. The Balaban J connectivity index is 1.92. The van der Waals surface area contributed by atoms with Crippen LogP contribution in [-0.4, -0.2) is 19.0 Å². The monoisotopic (exact) mass is 342 g/mol. The molecule has 2 aromatic carbocycles. The highest BCUT2D eigenvalue weighted by Crippen LogP contribution is 2.26. The highest BCUT2D eigenvalue weighted by Gasteiger charge is 2.16. The molecule has 1 amide bonds. The van der Waals surface area contributed by atoms with E-state index >= 15 is 0 Å². The molecule has 25 heavy (non-hydrogen) atoms. The van der Waals surface area contributed by atoms with Gasteiger partial charge in [-0.25, -0.2) is 4.39 Å². The Hall–Kier alpha value is -2.20. The minimum Gasteiger partial charge on any atom is -0.356 e. The molecule has 0 spiro atoms. The Morgan fingerprint density at radius 1 is 1.08 bits per heavy atom. The Bertz CT molecular complexity index is 673.